The lowest BCUT2D eigenvalue weighted by atomic mass is 10.1. The van der Waals surface area contributed by atoms with Gasteiger partial charge in [-0.3, -0.25) is 9.59 Å². The van der Waals surface area contributed by atoms with Crippen LogP contribution in [0, 0.1) is 0 Å². The van der Waals surface area contributed by atoms with E-state index in [4.69, 9.17) is 9.47 Å². The molecule has 2 aromatic carbocycles. The van der Waals surface area contributed by atoms with Gasteiger partial charge in [0.15, 0.2) is 6.61 Å². The van der Waals surface area contributed by atoms with E-state index in [1.165, 1.54) is 0 Å². The number of amides is 2. The summed E-state index contributed by atoms with van der Waals surface area (Å²) < 4.78 is 11.9. The minimum absolute atomic E-state index is 0.0364. The maximum absolute atomic E-state index is 13.2. The van der Waals surface area contributed by atoms with E-state index in [-0.39, 0.29) is 31.0 Å². The molecule has 2 aromatic rings. The van der Waals surface area contributed by atoms with Crippen LogP contribution in [0.5, 0.6) is 11.5 Å². The molecule has 0 fully saturated rings. The summed E-state index contributed by atoms with van der Waals surface area (Å²) in [5, 5.41) is 3.00. The molecule has 2 rings (SSSR count). The number of benzene rings is 2. The van der Waals surface area contributed by atoms with E-state index in [2.05, 4.69) is 21.2 Å². The summed E-state index contributed by atoms with van der Waals surface area (Å²) in [6.07, 6.45) is 1.31. The fourth-order valence-corrected chi connectivity index (χ4v) is 3.35. The average Bonchev–Trinajstić information content (AvgIpc) is 2.78. The van der Waals surface area contributed by atoms with Gasteiger partial charge in [-0.05, 0) is 61.7 Å². The number of carbonyl (C=O) groups excluding carboxylic acids is 2. The van der Waals surface area contributed by atoms with Crippen LogP contribution in [0.15, 0.2) is 53.0 Å². The molecule has 0 aromatic heterocycles. The first-order chi connectivity index (χ1) is 14.9. The van der Waals surface area contributed by atoms with Gasteiger partial charge in [0.1, 0.15) is 17.5 Å². The Morgan fingerprint density at radius 3 is 2.39 bits per heavy atom. The van der Waals surface area contributed by atoms with Crippen molar-refractivity contribution in [2.24, 2.45) is 0 Å². The van der Waals surface area contributed by atoms with Crippen LogP contribution in [0.4, 0.5) is 0 Å². The zero-order chi connectivity index (χ0) is 22.8. The number of ether oxygens (including phenoxy) is 2. The van der Waals surface area contributed by atoms with Crippen molar-refractivity contribution < 1.29 is 19.1 Å². The fraction of sp³-hybridized carbons (Fsp3) is 0.417. The first kappa shape index (κ1) is 24.7. The van der Waals surface area contributed by atoms with Crippen molar-refractivity contribution in [1.29, 1.82) is 0 Å². The number of hydrogen-bond donors (Lipinski definition) is 1. The van der Waals surface area contributed by atoms with E-state index in [0.717, 1.165) is 16.5 Å². The molecule has 6 nitrogen and oxygen atoms in total. The summed E-state index contributed by atoms with van der Waals surface area (Å²) in [5.74, 6) is 0.886. The number of hydrogen-bond acceptors (Lipinski definition) is 4. The lowest BCUT2D eigenvalue weighted by Gasteiger charge is -2.31. The van der Waals surface area contributed by atoms with Crippen LogP contribution >= 0.6 is 15.9 Å². The quantitative estimate of drug-likeness (QED) is 0.501. The Labute approximate surface area is 193 Å². The third-order valence-electron chi connectivity index (χ3n) is 5.05. The van der Waals surface area contributed by atoms with Crippen molar-refractivity contribution in [2.75, 3.05) is 13.7 Å². The molecule has 31 heavy (non-hydrogen) atoms. The lowest BCUT2D eigenvalue weighted by Crippen LogP contribution is -2.51. The highest BCUT2D eigenvalue weighted by molar-refractivity contribution is 9.10. The summed E-state index contributed by atoms with van der Waals surface area (Å²) in [7, 11) is 1.60. The highest BCUT2D eigenvalue weighted by Gasteiger charge is 2.29. The number of methoxy groups -OCH3 is 1. The van der Waals surface area contributed by atoms with Gasteiger partial charge >= 0.3 is 0 Å². The third kappa shape index (κ3) is 7.58. The van der Waals surface area contributed by atoms with E-state index < -0.39 is 6.04 Å². The van der Waals surface area contributed by atoms with Gasteiger partial charge < -0.3 is 19.7 Å². The third-order valence-corrected chi connectivity index (χ3v) is 5.58. The van der Waals surface area contributed by atoms with Gasteiger partial charge in [-0.1, -0.05) is 41.9 Å². The van der Waals surface area contributed by atoms with Gasteiger partial charge in [0.25, 0.3) is 5.91 Å². The summed E-state index contributed by atoms with van der Waals surface area (Å²) in [5.41, 5.74) is 0.881. The second-order valence-electron chi connectivity index (χ2n) is 7.36. The van der Waals surface area contributed by atoms with Crippen LogP contribution in [0.2, 0.25) is 0 Å². The minimum Gasteiger partial charge on any atom is -0.497 e. The molecule has 0 saturated carbocycles. The Balaban J connectivity index is 2.22. The van der Waals surface area contributed by atoms with E-state index in [0.29, 0.717) is 17.9 Å². The number of nitrogens with one attached hydrogen (secondary N) is 1. The van der Waals surface area contributed by atoms with Gasteiger partial charge in [-0.15, -0.1) is 0 Å². The van der Waals surface area contributed by atoms with E-state index >= 15 is 0 Å². The molecule has 0 radical (unpaired) electrons. The Hall–Kier alpha value is -2.54. The summed E-state index contributed by atoms with van der Waals surface area (Å²) in [6, 6.07) is 14.2. The second kappa shape index (κ2) is 12.3. The van der Waals surface area contributed by atoms with Crippen molar-refractivity contribution >= 4 is 27.7 Å². The Bertz CT molecular complexity index is 857. The number of nitrogens with zero attached hydrogens (tertiary/aromatic N) is 1. The van der Waals surface area contributed by atoms with Crippen LogP contribution < -0.4 is 14.8 Å². The first-order valence-corrected chi connectivity index (χ1v) is 11.3. The highest BCUT2D eigenvalue weighted by atomic mass is 79.9. The molecule has 0 aliphatic carbocycles. The van der Waals surface area contributed by atoms with Gasteiger partial charge in [-0.25, -0.2) is 0 Å². The molecule has 0 aliphatic rings. The summed E-state index contributed by atoms with van der Waals surface area (Å²) in [4.78, 5) is 27.7. The van der Waals surface area contributed by atoms with Crippen LogP contribution in [0.3, 0.4) is 0 Å². The first-order valence-electron chi connectivity index (χ1n) is 10.5. The van der Waals surface area contributed by atoms with Crippen LogP contribution in [-0.2, 0) is 16.1 Å². The monoisotopic (exact) mass is 490 g/mol. The molecule has 0 aliphatic heterocycles. The molecule has 2 amide bonds. The van der Waals surface area contributed by atoms with Crippen molar-refractivity contribution in [1.82, 2.24) is 10.2 Å². The van der Waals surface area contributed by atoms with Gasteiger partial charge in [-0.2, -0.15) is 0 Å². The molecular formula is C24H31BrN2O4. The predicted molar refractivity (Wildman–Crippen MR) is 125 cm³/mol. The van der Waals surface area contributed by atoms with Crippen molar-refractivity contribution in [3.63, 3.8) is 0 Å². The molecule has 168 valence electrons. The molecule has 0 unspecified atom stereocenters. The molecular weight excluding hydrogens is 460 g/mol. The second-order valence-corrected chi connectivity index (χ2v) is 8.27. The Kier molecular flexibility index (Phi) is 9.85. The number of halogens is 1. The average molecular weight is 491 g/mol. The SMILES string of the molecule is CC[C@@H](C)NC(=O)[C@H](CC)N(Cc1cccc(OC)c1)C(=O)COc1ccc(Br)cc1. The Morgan fingerprint density at radius 1 is 1.06 bits per heavy atom. The van der Waals surface area contributed by atoms with Crippen molar-refractivity contribution in [3.05, 3.63) is 58.6 Å². The largest absolute Gasteiger partial charge is 0.497 e. The summed E-state index contributed by atoms with van der Waals surface area (Å²) >= 11 is 3.38. The maximum atomic E-state index is 13.2. The number of rotatable bonds is 11. The molecule has 0 saturated heterocycles. The molecule has 1 N–H and O–H groups in total. The zero-order valence-electron chi connectivity index (χ0n) is 18.6. The fourth-order valence-electron chi connectivity index (χ4n) is 3.09. The lowest BCUT2D eigenvalue weighted by molar-refractivity contribution is -0.143. The molecule has 0 bridgehead atoms. The van der Waals surface area contributed by atoms with Gasteiger partial charge in [0, 0.05) is 17.1 Å². The number of carbonyl (C=O) groups is 2. The smallest absolute Gasteiger partial charge is 0.261 e. The maximum Gasteiger partial charge on any atom is 0.261 e. The molecule has 0 heterocycles. The molecule has 0 spiro atoms. The summed E-state index contributed by atoms with van der Waals surface area (Å²) in [6.45, 7) is 6.00. The highest BCUT2D eigenvalue weighted by Crippen LogP contribution is 2.19. The van der Waals surface area contributed by atoms with Gasteiger partial charge in [0.05, 0.1) is 7.11 Å². The Morgan fingerprint density at radius 2 is 1.77 bits per heavy atom. The van der Waals surface area contributed by atoms with E-state index in [9.17, 15) is 9.59 Å². The van der Waals surface area contributed by atoms with E-state index in [1.54, 1.807) is 24.1 Å². The van der Waals surface area contributed by atoms with Crippen molar-refractivity contribution in [2.45, 2.75) is 52.2 Å². The normalized spacial score (nSPS) is 12.5. The van der Waals surface area contributed by atoms with Gasteiger partial charge in [0.2, 0.25) is 5.91 Å². The zero-order valence-corrected chi connectivity index (χ0v) is 20.1. The molecule has 2 atom stereocenters. The minimum atomic E-state index is -0.596. The molecule has 7 heteroatoms. The van der Waals surface area contributed by atoms with Crippen LogP contribution in [0.1, 0.15) is 39.2 Å². The topological polar surface area (TPSA) is 67.9 Å². The van der Waals surface area contributed by atoms with Crippen LogP contribution in [0.25, 0.3) is 0 Å². The van der Waals surface area contributed by atoms with Crippen molar-refractivity contribution in [3.8, 4) is 11.5 Å². The van der Waals surface area contributed by atoms with E-state index in [1.807, 2.05) is 57.2 Å². The predicted octanol–water partition coefficient (Wildman–Crippen LogP) is 4.56. The standard InChI is InChI=1S/C24H31BrN2O4/c1-5-17(3)26-24(29)22(6-2)27(15-18-8-7-9-21(14-18)30-4)23(28)16-31-20-12-10-19(25)11-13-20/h7-14,17,22H,5-6,15-16H2,1-4H3,(H,26,29)/t17-,22+/m1/s1. The van der Waals surface area contributed by atoms with Crippen LogP contribution in [-0.4, -0.2) is 42.5 Å².